The van der Waals surface area contributed by atoms with Gasteiger partial charge in [0.15, 0.2) is 0 Å². The Morgan fingerprint density at radius 3 is 2.50 bits per heavy atom. The fraction of sp³-hybridized carbons (Fsp3) is 0.600. The molecule has 2 fully saturated rings. The summed E-state index contributed by atoms with van der Waals surface area (Å²) in [7, 11) is 0. The van der Waals surface area contributed by atoms with Crippen LogP contribution in [0.15, 0.2) is 24.3 Å². The van der Waals surface area contributed by atoms with Crippen molar-refractivity contribution in [3.63, 3.8) is 0 Å². The number of benzene rings is 1. The number of rotatable bonds is 2. The Hall–Kier alpha value is -1.84. The van der Waals surface area contributed by atoms with Gasteiger partial charge in [-0.05, 0) is 44.2 Å². The lowest BCUT2D eigenvalue weighted by atomic mass is 9.67. The number of likely N-dealkylation sites (tertiary alicyclic amines) is 1. The standard InChI is InChI=1S/C20H26N2O2/c1-14(2)22-17(20(19(22)24)10-5-6-11-20)18(23)21-12-9-15-7-3-4-8-16(15)13-21/h3-4,7-8,14,17H,5-6,9-13H2,1-2H3. The summed E-state index contributed by atoms with van der Waals surface area (Å²) < 4.78 is 0. The fourth-order valence-electron chi connectivity index (χ4n) is 4.93. The molecule has 2 aliphatic heterocycles. The number of fused-ring (bicyclic) bond motifs is 1. The van der Waals surface area contributed by atoms with Gasteiger partial charge in [0.05, 0.1) is 5.41 Å². The molecule has 0 bridgehead atoms. The van der Waals surface area contributed by atoms with E-state index in [2.05, 4.69) is 18.2 Å². The average Bonchev–Trinajstić information content (AvgIpc) is 3.10. The Morgan fingerprint density at radius 1 is 1.17 bits per heavy atom. The van der Waals surface area contributed by atoms with Crippen molar-refractivity contribution in [3.8, 4) is 0 Å². The molecule has 128 valence electrons. The van der Waals surface area contributed by atoms with Gasteiger partial charge in [0, 0.05) is 19.1 Å². The van der Waals surface area contributed by atoms with Crippen molar-refractivity contribution in [2.75, 3.05) is 6.54 Å². The summed E-state index contributed by atoms with van der Waals surface area (Å²) in [5.74, 6) is 0.380. The van der Waals surface area contributed by atoms with E-state index in [9.17, 15) is 9.59 Å². The van der Waals surface area contributed by atoms with Gasteiger partial charge in [-0.1, -0.05) is 37.1 Å². The number of nitrogens with zero attached hydrogens (tertiary/aromatic N) is 2. The summed E-state index contributed by atoms with van der Waals surface area (Å²) in [5.41, 5.74) is 2.21. The highest BCUT2D eigenvalue weighted by atomic mass is 16.2. The van der Waals surface area contributed by atoms with Crippen molar-refractivity contribution in [2.24, 2.45) is 5.41 Å². The van der Waals surface area contributed by atoms with Gasteiger partial charge < -0.3 is 9.80 Å². The topological polar surface area (TPSA) is 40.6 Å². The molecule has 2 heterocycles. The lowest BCUT2D eigenvalue weighted by molar-refractivity contribution is -0.185. The number of β-lactam (4-membered cyclic amide) rings is 1. The van der Waals surface area contributed by atoms with Crippen LogP contribution in [0, 0.1) is 5.41 Å². The minimum Gasteiger partial charge on any atom is -0.336 e. The van der Waals surface area contributed by atoms with Gasteiger partial charge in [-0.15, -0.1) is 0 Å². The van der Waals surface area contributed by atoms with Crippen molar-refractivity contribution in [2.45, 2.75) is 64.6 Å². The highest BCUT2D eigenvalue weighted by molar-refractivity contribution is 6.02. The molecule has 1 saturated heterocycles. The zero-order valence-corrected chi connectivity index (χ0v) is 14.6. The normalized spacial score (nSPS) is 25.1. The smallest absolute Gasteiger partial charge is 0.246 e. The van der Waals surface area contributed by atoms with Crippen LogP contribution < -0.4 is 0 Å². The van der Waals surface area contributed by atoms with Gasteiger partial charge in [-0.25, -0.2) is 0 Å². The van der Waals surface area contributed by atoms with Crippen LogP contribution >= 0.6 is 0 Å². The van der Waals surface area contributed by atoms with Crippen LogP contribution in [0.5, 0.6) is 0 Å². The van der Waals surface area contributed by atoms with Crippen molar-refractivity contribution in [3.05, 3.63) is 35.4 Å². The zero-order chi connectivity index (χ0) is 16.9. The van der Waals surface area contributed by atoms with E-state index in [4.69, 9.17) is 0 Å². The van der Waals surface area contributed by atoms with E-state index in [-0.39, 0.29) is 23.9 Å². The molecule has 1 aromatic carbocycles. The molecule has 1 aromatic rings. The van der Waals surface area contributed by atoms with Gasteiger partial charge in [0.2, 0.25) is 11.8 Å². The molecule has 1 spiro atoms. The summed E-state index contributed by atoms with van der Waals surface area (Å²) in [6.45, 7) is 5.49. The van der Waals surface area contributed by atoms with Crippen LogP contribution in [-0.2, 0) is 22.6 Å². The van der Waals surface area contributed by atoms with Crippen LogP contribution in [0.3, 0.4) is 0 Å². The van der Waals surface area contributed by atoms with Crippen molar-refractivity contribution < 1.29 is 9.59 Å². The molecule has 1 unspecified atom stereocenters. The quantitative estimate of drug-likeness (QED) is 0.784. The van der Waals surface area contributed by atoms with E-state index in [1.165, 1.54) is 11.1 Å². The molecule has 4 nitrogen and oxygen atoms in total. The summed E-state index contributed by atoms with van der Waals surface area (Å²) >= 11 is 0. The average molecular weight is 326 g/mol. The lowest BCUT2D eigenvalue weighted by Crippen LogP contribution is -2.74. The zero-order valence-electron chi connectivity index (χ0n) is 14.6. The molecular weight excluding hydrogens is 300 g/mol. The molecule has 4 rings (SSSR count). The van der Waals surface area contributed by atoms with Gasteiger partial charge in [0.25, 0.3) is 0 Å². The van der Waals surface area contributed by atoms with Crippen LogP contribution in [-0.4, -0.2) is 40.2 Å². The fourth-order valence-corrected chi connectivity index (χ4v) is 4.93. The summed E-state index contributed by atoms with van der Waals surface area (Å²) in [6, 6.07) is 8.23. The highest BCUT2D eigenvalue weighted by Gasteiger charge is 2.65. The second-order valence-corrected chi connectivity index (χ2v) is 7.85. The van der Waals surface area contributed by atoms with E-state index in [1.807, 2.05) is 29.7 Å². The van der Waals surface area contributed by atoms with Crippen molar-refractivity contribution in [1.29, 1.82) is 0 Å². The Labute approximate surface area is 143 Å². The van der Waals surface area contributed by atoms with Gasteiger partial charge >= 0.3 is 0 Å². The van der Waals surface area contributed by atoms with E-state index in [1.54, 1.807) is 0 Å². The predicted molar refractivity (Wildman–Crippen MR) is 92.2 cm³/mol. The predicted octanol–water partition coefficient (Wildman–Crippen LogP) is 2.75. The summed E-state index contributed by atoms with van der Waals surface area (Å²) in [4.78, 5) is 29.9. The third-order valence-electron chi connectivity index (χ3n) is 6.19. The number of carbonyl (C=O) groups excluding carboxylic acids is 2. The maximum Gasteiger partial charge on any atom is 0.246 e. The second-order valence-electron chi connectivity index (χ2n) is 7.85. The molecule has 1 aliphatic carbocycles. The first-order valence-corrected chi connectivity index (χ1v) is 9.23. The first kappa shape index (κ1) is 15.7. The summed E-state index contributed by atoms with van der Waals surface area (Å²) in [6.07, 6.45) is 4.83. The van der Waals surface area contributed by atoms with Crippen LogP contribution in [0.1, 0.15) is 50.7 Å². The monoisotopic (exact) mass is 326 g/mol. The third-order valence-corrected chi connectivity index (χ3v) is 6.19. The number of amides is 2. The Balaban J connectivity index is 1.60. The molecule has 1 atom stereocenters. The van der Waals surface area contributed by atoms with Crippen molar-refractivity contribution >= 4 is 11.8 Å². The van der Waals surface area contributed by atoms with Gasteiger partial charge in [0.1, 0.15) is 6.04 Å². The van der Waals surface area contributed by atoms with E-state index < -0.39 is 5.41 Å². The summed E-state index contributed by atoms with van der Waals surface area (Å²) in [5, 5.41) is 0. The van der Waals surface area contributed by atoms with E-state index >= 15 is 0 Å². The Kier molecular flexibility index (Phi) is 3.66. The minimum atomic E-state index is -0.391. The first-order valence-electron chi connectivity index (χ1n) is 9.23. The highest BCUT2D eigenvalue weighted by Crippen LogP contribution is 2.53. The van der Waals surface area contributed by atoms with Gasteiger partial charge in [-0.2, -0.15) is 0 Å². The SMILES string of the molecule is CC(C)N1C(=O)C2(CCCC2)C1C(=O)N1CCc2ccccc2C1. The van der Waals surface area contributed by atoms with Crippen LogP contribution in [0.25, 0.3) is 0 Å². The second kappa shape index (κ2) is 5.61. The number of carbonyl (C=O) groups is 2. The molecule has 3 aliphatic rings. The van der Waals surface area contributed by atoms with Crippen LogP contribution in [0.4, 0.5) is 0 Å². The van der Waals surface area contributed by atoms with E-state index in [0.29, 0.717) is 6.54 Å². The van der Waals surface area contributed by atoms with E-state index in [0.717, 1.165) is 38.6 Å². The molecule has 0 N–H and O–H groups in total. The maximum atomic E-state index is 13.3. The van der Waals surface area contributed by atoms with Gasteiger partial charge in [-0.3, -0.25) is 9.59 Å². The molecule has 0 radical (unpaired) electrons. The molecule has 2 amide bonds. The largest absolute Gasteiger partial charge is 0.336 e. The molecule has 0 aromatic heterocycles. The lowest BCUT2D eigenvalue weighted by Gasteiger charge is -2.56. The van der Waals surface area contributed by atoms with Crippen molar-refractivity contribution in [1.82, 2.24) is 9.80 Å². The molecule has 4 heteroatoms. The number of hydrogen-bond acceptors (Lipinski definition) is 2. The van der Waals surface area contributed by atoms with Crippen LogP contribution in [0.2, 0.25) is 0 Å². The Morgan fingerprint density at radius 2 is 1.83 bits per heavy atom. The third kappa shape index (κ3) is 2.11. The number of hydrogen-bond donors (Lipinski definition) is 0. The molecule has 1 saturated carbocycles. The molecular formula is C20H26N2O2. The Bertz CT molecular complexity index is 676. The maximum absolute atomic E-state index is 13.3. The first-order chi connectivity index (χ1) is 11.5. The minimum absolute atomic E-state index is 0.0924. The molecule has 24 heavy (non-hydrogen) atoms.